The molecule has 8 nitrogen and oxygen atoms in total. The summed E-state index contributed by atoms with van der Waals surface area (Å²) in [6.45, 7) is 2.56. The summed E-state index contributed by atoms with van der Waals surface area (Å²) >= 11 is 0. The highest BCUT2D eigenvalue weighted by Crippen LogP contribution is 2.21. The number of nitrogens with one attached hydrogen (secondary N) is 2. The minimum atomic E-state index is 0.0976. The molecule has 2 aromatic carbocycles. The van der Waals surface area contributed by atoms with Crippen molar-refractivity contribution in [2.45, 2.75) is 6.42 Å². The van der Waals surface area contributed by atoms with Gasteiger partial charge >= 0.3 is 0 Å². The van der Waals surface area contributed by atoms with Crippen molar-refractivity contribution < 1.29 is 9.53 Å². The maximum Gasteiger partial charge on any atom is 0.227 e. The number of aromatic nitrogens is 2. The highest BCUT2D eigenvalue weighted by Gasteiger charge is 2.22. The van der Waals surface area contributed by atoms with Gasteiger partial charge in [0.1, 0.15) is 29.1 Å². The third kappa shape index (κ3) is 4.98. The van der Waals surface area contributed by atoms with E-state index in [0.717, 1.165) is 23.4 Å². The van der Waals surface area contributed by atoms with Crippen molar-refractivity contribution in [2.24, 2.45) is 0 Å². The molecular weight excluding hydrogens is 392 g/mol. The lowest BCUT2D eigenvalue weighted by Gasteiger charge is -2.35. The van der Waals surface area contributed by atoms with Gasteiger partial charge in [0.05, 0.1) is 6.42 Å². The van der Waals surface area contributed by atoms with Crippen LogP contribution in [0.25, 0.3) is 0 Å². The van der Waals surface area contributed by atoms with Crippen LogP contribution in [-0.2, 0) is 11.2 Å². The number of ether oxygens (including phenoxy) is 1. The van der Waals surface area contributed by atoms with E-state index in [1.54, 1.807) is 12.1 Å². The predicted octanol–water partition coefficient (Wildman–Crippen LogP) is 2.50. The van der Waals surface area contributed by atoms with E-state index >= 15 is 0 Å². The van der Waals surface area contributed by atoms with Gasteiger partial charge in [-0.05, 0) is 42.0 Å². The largest absolute Gasteiger partial charge is 0.457 e. The maximum atomic E-state index is 12.7. The van der Waals surface area contributed by atoms with Gasteiger partial charge in [-0.3, -0.25) is 15.6 Å². The second-order valence-electron chi connectivity index (χ2n) is 7.25. The van der Waals surface area contributed by atoms with Gasteiger partial charge in [0.2, 0.25) is 5.91 Å². The molecule has 0 saturated carbocycles. The quantitative estimate of drug-likeness (QED) is 0.476. The molecule has 158 valence electrons. The average Bonchev–Trinajstić information content (AvgIpc) is 2.81. The number of para-hydroxylation sites is 1. The third-order valence-corrected chi connectivity index (χ3v) is 5.18. The van der Waals surface area contributed by atoms with Crippen LogP contribution in [0.1, 0.15) is 5.56 Å². The molecule has 1 aromatic heterocycles. The molecule has 1 aliphatic rings. The molecule has 0 bridgehead atoms. The zero-order valence-electron chi connectivity index (χ0n) is 17.1. The van der Waals surface area contributed by atoms with Crippen molar-refractivity contribution in [1.82, 2.24) is 14.7 Å². The van der Waals surface area contributed by atoms with Crippen molar-refractivity contribution in [2.75, 3.05) is 31.1 Å². The molecule has 1 saturated heterocycles. The van der Waals surface area contributed by atoms with Crippen LogP contribution in [0, 0.1) is 10.8 Å². The fourth-order valence-corrected chi connectivity index (χ4v) is 3.47. The summed E-state index contributed by atoms with van der Waals surface area (Å²) in [7, 11) is 0. The fraction of sp³-hybridized carbons (Fsp3) is 0.217. The van der Waals surface area contributed by atoms with Gasteiger partial charge < -0.3 is 14.5 Å². The Kier molecular flexibility index (Phi) is 6.07. The molecule has 2 heterocycles. The molecule has 3 aromatic rings. The Hall–Kier alpha value is -3.94. The fourth-order valence-electron chi connectivity index (χ4n) is 3.47. The Morgan fingerprint density at radius 1 is 0.935 bits per heavy atom. The van der Waals surface area contributed by atoms with Crippen LogP contribution in [0.4, 0.5) is 5.82 Å². The number of anilines is 1. The molecule has 0 unspecified atom stereocenters. The van der Waals surface area contributed by atoms with Crippen LogP contribution in [-0.4, -0.2) is 53.1 Å². The molecule has 2 N–H and O–H groups in total. The Labute approximate surface area is 180 Å². The second-order valence-corrected chi connectivity index (χ2v) is 7.25. The molecule has 1 fully saturated rings. The average molecular weight is 416 g/mol. The molecule has 0 aliphatic carbocycles. The maximum absolute atomic E-state index is 12.7. The number of hydrogen-bond acceptors (Lipinski definition) is 6. The number of carbonyl (C=O) groups excluding carboxylic acids is 1. The zero-order chi connectivity index (χ0) is 21.6. The SMILES string of the molecule is N=Cn1nc(N2CCN(C(=O)Cc3ccc(Oc4ccccc4)cc3)CC2)ccc1=N. The van der Waals surface area contributed by atoms with Crippen LogP contribution in [0.3, 0.4) is 0 Å². The molecular formula is C23H24N6O2. The first-order valence-electron chi connectivity index (χ1n) is 10.1. The number of carbonyl (C=O) groups is 1. The van der Waals surface area contributed by atoms with Gasteiger partial charge in [-0.15, -0.1) is 5.10 Å². The monoisotopic (exact) mass is 416 g/mol. The highest BCUT2D eigenvalue weighted by atomic mass is 16.5. The number of rotatable bonds is 6. The molecule has 0 spiro atoms. The van der Waals surface area contributed by atoms with E-state index in [1.165, 1.54) is 4.68 Å². The van der Waals surface area contributed by atoms with Crippen LogP contribution < -0.4 is 15.1 Å². The summed E-state index contributed by atoms with van der Waals surface area (Å²) in [5.41, 5.74) is 1.11. The van der Waals surface area contributed by atoms with Crippen LogP contribution >= 0.6 is 0 Å². The van der Waals surface area contributed by atoms with E-state index < -0.39 is 0 Å². The van der Waals surface area contributed by atoms with Crippen LogP contribution in [0.5, 0.6) is 11.5 Å². The summed E-state index contributed by atoms with van der Waals surface area (Å²) in [5.74, 6) is 2.33. The third-order valence-electron chi connectivity index (χ3n) is 5.18. The zero-order valence-corrected chi connectivity index (χ0v) is 17.1. The first-order valence-corrected chi connectivity index (χ1v) is 10.1. The lowest BCUT2D eigenvalue weighted by atomic mass is 10.1. The van der Waals surface area contributed by atoms with Crippen molar-refractivity contribution in [3.05, 3.63) is 77.8 Å². The number of hydrogen-bond donors (Lipinski definition) is 2. The van der Waals surface area contributed by atoms with Crippen molar-refractivity contribution in [3.8, 4) is 11.5 Å². The Morgan fingerprint density at radius 2 is 1.61 bits per heavy atom. The van der Waals surface area contributed by atoms with Gasteiger partial charge in [0.25, 0.3) is 0 Å². The number of piperazine rings is 1. The van der Waals surface area contributed by atoms with Gasteiger partial charge in [0, 0.05) is 26.2 Å². The number of benzene rings is 2. The minimum absolute atomic E-state index is 0.0976. The van der Waals surface area contributed by atoms with E-state index in [0.29, 0.717) is 38.4 Å². The van der Waals surface area contributed by atoms with E-state index in [9.17, 15) is 4.79 Å². The Balaban J connectivity index is 1.31. The van der Waals surface area contributed by atoms with Crippen molar-refractivity contribution >= 4 is 18.1 Å². The van der Waals surface area contributed by atoms with Crippen LogP contribution in [0.15, 0.2) is 66.7 Å². The smallest absolute Gasteiger partial charge is 0.227 e. The van der Waals surface area contributed by atoms with Gasteiger partial charge in [-0.2, -0.15) is 0 Å². The van der Waals surface area contributed by atoms with E-state index in [1.807, 2.05) is 59.5 Å². The first-order chi connectivity index (χ1) is 15.1. The summed E-state index contributed by atoms with van der Waals surface area (Å²) in [6, 6.07) is 20.6. The van der Waals surface area contributed by atoms with Crippen LogP contribution in [0.2, 0.25) is 0 Å². The molecule has 8 heteroatoms. The normalized spacial score (nSPS) is 13.7. The summed E-state index contributed by atoms with van der Waals surface area (Å²) in [4.78, 5) is 16.7. The number of amides is 1. The molecule has 4 rings (SSSR count). The first kappa shape index (κ1) is 20.3. The lowest BCUT2D eigenvalue weighted by Crippen LogP contribution is -2.49. The van der Waals surface area contributed by atoms with E-state index in [2.05, 4.69) is 10.00 Å². The molecule has 31 heavy (non-hydrogen) atoms. The van der Waals surface area contributed by atoms with Crippen molar-refractivity contribution in [1.29, 1.82) is 10.8 Å². The highest BCUT2D eigenvalue weighted by molar-refractivity contribution is 5.79. The molecule has 1 amide bonds. The number of nitrogens with zero attached hydrogens (tertiary/aromatic N) is 4. The Bertz CT molecular complexity index is 1100. The van der Waals surface area contributed by atoms with Gasteiger partial charge in [0.15, 0.2) is 0 Å². The summed E-state index contributed by atoms with van der Waals surface area (Å²) < 4.78 is 7.02. The molecule has 1 aliphatic heterocycles. The standard InChI is InChI=1S/C23H24N6O2/c24-17-29-21(25)10-11-22(26-29)27-12-14-28(15-13-27)23(30)16-18-6-8-20(9-7-18)31-19-4-2-1-3-5-19/h1-11,17,24-25H,12-16H2. The second kappa shape index (κ2) is 9.25. The summed E-state index contributed by atoms with van der Waals surface area (Å²) in [5, 5.41) is 19.3. The summed E-state index contributed by atoms with van der Waals surface area (Å²) in [6.07, 6.45) is 1.37. The molecule has 0 atom stereocenters. The van der Waals surface area contributed by atoms with E-state index in [4.69, 9.17) is 15.6 Å². The molecule has 0 radical (unpaired) electrons. The van der Waals surface area contributed by atoms with Gasteiger partial charge in [-0.25, -0.2) is 4.68 Å². The minimum Gasteiger partial charge on any atom is -0.457 e. The van der Waals surface area contributed by atoms with Crippen molar-refractivity contribution in [3.63, 3.8) is 0 Å². The Morgan fingerprint density at radius 3 is 2.29 bits per heavy atom. The van der Waals surface area contributed by atoms with E-state index in [-0.39, 0.29) is 11.4 Å². The predicted molar refractivity (Wildman–Crippen MR) is 118 cm³/mol. The lowest BCUT2D eigenvalue weighted by molar-refractivity contribution is -0.130. The van der Waals surface area contributed by atoms with Gasteiger partial charge in [-0.1, -0.05) is 30.3 Å². The topological polar surface area (TPSA) is 98.3 Å².